The summed E-state index contributed by atoms with van der Waals surface area (Å²) in [4.78, 5) is 19.9. The summed E-state index contributed by atoms with van der Waals surface area (Å²) in [5.74, 6) is 0.491. The van der Waals surface area contributed by atoms with Gasteiger partial charge in [0.25, 0.3) is 0 Å². The zero-order valence-electron chi connectivity index (χ0n) is 18.5. The van der Waals surface area contributed by atoms with Crippen molar-refractivity contribution < 1.29 is 14.6 Å². The maximum atomic E-state index is 10.9. The SMILES string of the molecule is CCCCCCCOc1ccc(-c2cnc(-c3ccc(CC(N)C(=O)O)cc3)nc2)cc1. The summed E-state index contributed by atoms with van der Waals surface area (Å²) in [7, 11) is 0. The van der Waals surface area contributed by atoms with Crippen molar-refractivity contribution in [3.05, 3.63) is 66.5 Å². The molecule has 0 fully saturated rings. The van der Waals surface area contributed by atoms with Crippen LogP contribution in [0.4, 0.5) is 0 Å². The average molecular weight is 434 g/mol. The number of rotatable bonds is 12. The normalized spacial score (nSPS) is 11.8. The van der Waals surface area contributed by atoms with Crippen molar-refractivity contribution in [2.75, 3.05) is 6.61 Å². The van der Waals surface area contributed by atoms with E-state index in [2.05, 4.69) is 16.9 Å². The van der Waals surface area contributed by atoms with Gasteiger partial charge in [0.15, 0.2) is 5.82 Å². The van der Waals surface area contributed by atoms with Crippen molar-refractivity contribution in [3.8, 4) is 28.3 Å². The molecule has 0 amide bonds. The second-order valence-electron chi connectivity index (χ2n) is 7.93. The number of carboxylic acid groups (broad SMARTS) is 1. The smallest absolute Gasteiger partial charge is 0.320 e. The number of hydrogen-bond donors (Lipinski definition) is 2. The Bertz CT molecular complexity index is 971. The van der Waals surface area contributed by atoms with E-state index >= 15 is 0 Å². The molecule has 0 bridgehead atoms. The third-order valence-corrected chi connectivity index (χ3v) is 5.34. The Hall–Kier alpha value is -3.25. The number of aromatic nitrogens is 2. The number of carboxylic acids is 1. The predicted octanol–water partition coefficient (Wildman–Crippen LogP) is 5.11. The van der Waals surface area contributed by atoms with Gasteiger partial charge in [0, 0.05) is 23.5 Å². The number of hydrogen-bond acceptors (Lipinski definition) is 5. The maximum absolute atomic E-state index is 10.9. The first-order valence-electron chi connectivity index (χ1n) is 11.2. The van der Waals surface area contributed by atoms with Gasteiger partial charge in [0.1, 0.15) is 11.8 Å². The van der Waals surface area contributed by atoms with Gasteiger partial charge in [-0.15, -0.1) is 0 Å². The molecule has 0 aliphatic carbocycles. The fraction of sp³-hybridized carbons (Fsp3) is 0.346. The molecule has 3 aromatic rings. The number of ether oxygens (including phenoxy) is 1. The van der Waals surface area contributed by atoms with Gasteiger partial charge in [-0.1, -0.05) is 69.0 Å². The zero-order valence-corrected chi connectivity index (χ0v) is 18.5. The third kappa shape index (κ3) is 6.89. The number of carbonyl (C=O) groups is 1. The van der Waals surface area contributed by atoms with Gasteiger partial charge in [0.05, 0.1) is 6.61 Å². The van der Waals surface area contributed by atoms with Crippen LogP contribution >= 0.6 is 0 Å². The molecule has 1 heterocycles. The summed E-state index contributed by atoms with van der Waals surface area (Å²) in [6.45, 7) is 2.97. The lowest BCUT2D eigenvalue weighted by Gasteiger charge is -2.08. The van der Waals surface area contributed by atoms with Crippen LogP contribution < -0.4 is 10.5 Å². The molecule has 0 saturated heterocycles. The first-order chi connectivity index (χ1) is 15.6. The second-order valence-corrected chi connectivity index (χ2v) is 7.93. The topological polar surface area (TPSA) is 98.3 Å². The Morgan fingerprint density at radius 3 is 2.16 bits per heavy atom. The zero-order chi connectivity index (χ0) is 22.8. The van der Waals surface area contributed by atoms with E-state index in [0.717, 1.165) is 41.0 Å². The molecule has 168 valence electrons. The molecule has 6 nitrogen and oxygen atoms in total. The minimum absolute atomic E-state index is 0.286. The molecule has 0 radical (unpaired) electrons. The first-order valence-corrected chi connectivity index (χ1v) is 11.2. The molecule has 0 saturated carbocycles. The summed E-state index contributed by atoms with van der Waals surface area (Å²) < 4.78 is 5.83. The van der Waals surface area contributed by atoms with E-state index in [0.29, 0.717) is 5.82 Å². The van der Waals surface area contributed by atoms with Crippen LogP contribution in [-0.2, 0) is 11.2 Å². The van der Waals surface area contributed by atoms with E-state index in [9.17, 15) is 4.79 Å². The number of aliphatic carboxylic acids is 1. The van der Waals surface area contributed by atoms with E-state index in [1.807, 2.05) is 48.5 Å². The highest BCUT2D eigenvalue weighted by Gasteiger charge is 2.12. The van der Waals surface area contributed by atoms with Crippen LogP contribution in [0.15, 0.2) is 60.9 Å². The van der Waals surface area contributed by atoms with Crippen LogP contribution in [0.25, 0.3) is 22.5 Å². The van der Waals surface area contributed by atoms with Crippen LogP contribution in [0.2, 0.25) is 0 Å². The summed E-state index contributed by atoms with van der Waals surface area (Å²) >= 11 is 0. The molecule has 32 heavy (non-hydrogen) atoms. The van der Waals surface area contributed by atoms with Crippen LogP contribution in [0.1, 0.15) is 44.6 Å². The molecule has 1 unspecified atom stereocenters. The monoisotopic (exact) mass is 433 g/mol. The number of unbranched alkanes of at least 4 members (excludes halogenated alkanes) is 4. The molecule has 2 aromatic carbocycles. The van der Waals surface area contributed by atoms with Crippen LogP contribution in [0.3, 0.4) is 0 Å². The highest BCUT2D eigenvalue weighted by Crippen LogP contribution is 2.23. The molecule has 1 atom stereocenters. The minimum Gasteiger partial charge on any atom is -0.494 e. The van der Waals surface area contributed by atoms with Gasteiger partial charge in [0.2, 0.25) is 0 Å². The summed E-state index contributed by atoms with van der Waals surface area (Å²) in [5, 5.41) is 8.93. The number of nitrogens with zero attached hydrogens (tertiary/aromatic N) is 2. The van der Waals surface area contributed by atoms with Crippen molar-refractivity contribution in [1.29, 1.82) is 0 Å². The van der Waals surface area contributed by atoms with E-state index in [4.69, 9.17) is 15.6 Å². The average Bonchev–Trinajstić information content (AvgIpc) is 2.82. The Kier molecular flexibility index (Phi) is 8.75. The van der Waals surface area contributed by atoms with Crippen LogP contribution in [-0.4, -0.2) is 33.7 Å². The standard InChI is InChI=1S/C26H31N3O3/c1-2-3-4-5-6-15-32-23-13-11-20(12-14-23)22-17-28-25(29-18-22)21-9-7-19(8-10-21)16-24(27)26(30)31/h7-14,17-18,24H,2-6,15-16,27H2,1H3,(H,30,31). The lowest BCUT2D eigenvalue weighted by Crippen LogP contribution is -2.32. The lowest BCUT2D eigenvalue weighted by molar-refractivity contribution is -0.138. The van der Waals surface area contributed by atoms with E-state index in [1.54, 1.807) is 12.4 Å². The molecule has 0 aliphatic heterocycles. The summed E-state index contributed by atoms with van der Waals surface area (Å²) in [6.07, 6.45) is 10.0. The van der Waals surface area contributed by atoms with E-state index in [-0.39, 0.29) is 6.42 Å². The van der Waals surface area contributed by atoms with Crippen LogP contribution in [0, 0.1) is 0 Å². The highest BCUT2D eigenvalue weighted by molar-refractivity contribution is 5.73. The Morgan fingerprint density at radius 2 is 1.53 bits per heavy atom. The molecule has 3 rings (SSSR count). The second kappa shape index (κ2) is 12.0. The molecule has 1 aromatic heterocycles. The van der Waals surface area contributed by atoms with Gasteiger partial charge in [-0.3, -0.25) is 4.79 Å². The third-order valence-electron chi connectivity index (χ3n) is 5.34. The maximum Gasteiger partial charge on any atom is 0.320 e. The predicted molar refractivity (Wildman–Crippen MR) is 126 cm³/mol. The molecule has 6 heteroatoms. The molecular formula is C26H31N3O3. The molecule has 0 aliphatic rings. The molecule has 0 spiro atoms. The number of benzene rings is 2. The first kappa shape index (κ1) is 23.4. The fourth-order valence-electron chi connectivity index (χ4n) is 3.40. The van der Waals surface area contributed by atoms with Gasteiger partial charge >= 0.3 is 5.97 Å². The highest BCUT2D eigenvalue weighted by atomic mass is 16.5. The van der Waals surface area contributed by atoms with Gasteiger partial charge in [-0.2, -0.15) is 0 Å². The van der Waals surface area contributed by atoms with Crippen molar-refractivity contribution >= 4 is 5.97 Å². The Balaban J connectivity index is 1.55. The van der Waals surface area contributed by atoms with E-state index < -0.39 is 12.0 Å². The quantitative estimate of drug-likeness (QED) is 0.385. The Labute approximate surface area is 189 Å². The molecule has 3 N–H and O–H groups in total. The lowest BCUT2D eigenvalue weighted by atomic mass is 10.0. The minimum atomic E-state index is -1.00. The van der Waals surface area contributed by atoms with Crippen molar-refractivity contribution in [2.24, 2.45) is 5.73 Å². The van der Waals surface area contributed by atoms with Gasteiger partial charge in [-0.05, 0) is 36.1 Å². The summed E-state index contributed by atoms with van der Waals surface area (Å²) in [6, 6.07) is 14.6. The van der Waals surface area contributed by atoms with Gasteiger partial charge < -0.3 is 15.6 Å². The Morgan fingerprint density at radius 1 is 0.906 bits per heavy atom. The van der Waals surface area contributed by atoms with Crippen molar-refractivity contribution in [2.45, 2.75) is 51.5 Å². The van der Waals surface area contributed by atoms with Crippen LogP contribution in [0.5, 0.6) is 5.75 Å². The molecular weight excluding hydrogens is 402 g/mol. The summed E-state index contributed by atoms with van der Waals surface area (Å²) in [5.41, 5.74) is 9.29. The van der Waals surface area contributed by atoms with E-state index in [1.165, 1.54) is 25.7 Å². The number of nitrogens with two attached hydrogens (primary N) is 1. The largest absolute Gasteiger partial charge is 0.494 e. The fourth-order valence-corrected chi connectivity index (χ4v) is 3.40. The van der Waals surface area contributed by atoms with Gasteiger partial charge in [-0.25, -0.2) is 9.97 Å². The van der Waals surface area contributed by atoms with Crippen molar-refractivity contribution in [3.63, 3.8) is 0 Å². The van der Waals surface area contributed by atoms with Crippen molar-refractivity contribution in [1.82, 2.24) is 9.97 Å².